The molecule has 3 aromatic rings. The molecule has 236 valence electrons. The highest BCUT2D eigenvalue weighted by molar-refractivity contribution is 6.36. The molecule has 0 unspecified atom stereocenters. The maximum atomic E-state index is 13.5. The number of ether oxygens (including phenoxy) is 2. The Hall–Kier alpha value is -3.48. The number of nitrogens with two attached hydrogens (primary N) is 2. The minimum atomic E-state index is -4.55. The number of alkyl halides is 3. The van der Waals surface area contributed by atoms with Crippen molar-refractivity contribution in [2.75, 3.05) is 6.54 Å². The van der Waals surface area contributed by atoms with Gasteiger partial charge in [0, 0.05) is 23.5 Å². The minimum Gasteiger partial charge on any atom is -0.490 e. The van der Waals surface area contributed by atoms with Crippen LogP contribution < -0.4 is 20.9 Å². The van der Waals surface area contributed by atoms with Gasteiger partial charge in [0.15, 0.2) is 0 Å². The van der Waals surface area contributed by atoms with Crippen molar-refractivity contribution in [2.45, 2.75) is 83.3 Å². The largest absolute Gasteiger partial charge is 0.490 e. The number of benzene rings is 2. The average Bonchev–Trinajstić information content (AvgIpc) is 3.45. The van der Waals surface area contributed by atoms with E-state index in [4.69, 9.17) is 42.8 Å². The summed E-state index contributed by atoms with van der Waals surface area (Å²) in [5.74, 6) is -1.72. The van der Waals surface area contributed by atoms with Gasteiger partial charge in [0.1, 0.15) is 24.1 Å². The van der Waals surface area contributed by atoms with Crippen LogP contribution in [0.15, 0.2) is 36.4 Å². The maximum absolute atomic E-state index is 13.5. The summed E-state index contributed by atoms with van der Waals surface area (Å²) in [5, 5.41) is 18.7. The van der Waals surface area contributed by atoms with Crippen molar-refractivity contribution in [1.29, 1.82) is 0 Å². The lowest BCUT2D eigenvalue weighted by Crippen LogP contribution is -2.29. The summed E-state index contributed by atoms with van der Waals surface area (Å²) in [7, 11) is 0. The first-order valence-electron chi connectivity index (χ1n) is 13.9. The summed E-state index contributed by atoms with van der Waals surface area (Å²) in [4.78, 5) is 21.3. The summed E-state index contributed by atoms with van der Waals surface area (Å²) in [6.45, 7) is 4.55. The molecule has 13 heteroatoms. The number of aliphatic carboxylic acids is 2. The van der Waals surface area contributed by atoms with E-state index in [1.807, 2.05) is 10.6 Å². The topological polar surface area (TPSA) is 150 Å². The van der Waals surface area contributed by atoms with E-state index in [9.17, 15) is 22.8 Å². The van der Waals surface area contributed by atoms with Gasteiger partial charge in [-0.15, -0.1) is 0 Å². The molecule has 0 amide bonds. The molecule has 0 fully saturated rings. The second-order valence-corrected chi connectivity index (χ2v) is 11.0. The van der Waals surface area contributed by atoms with Crippen LogP contribution in [0.2, 0.25) is 5.02 Å². The number of aryl methyl sites for hydroxylation is 1. The number of aromatic nitrogens is 1. The number of carbonyl (C=O) groups is 2. The van der Waals surface area contributed by atoms with Gasteiger partial charge in [0.05, 0.1) is 28.6 Å². The number of halogens is 4. The molecule has 0 spiro atoms. The van der Waals surface area contributed by atoms with Crippen LogP contribution in [0, 0.1) is 0 Å². The number of carboxylic acids is 2. The molecule has 1 aliphatic rings. The Balaban J connectivity index is 0.000000436. The van der Waals surface area contributed by atoms with E-state index < -0.39 is 29.7 Å². The molecular weight excluding hydrogens is 591 g/mol. The molecule has 43 heavy (non-hydrogen) atoms. The Labute approximate surface area is 252 Å². The zero-order valence-electron chi connectivity index (χ0n) is 24.0. The van der Waals surface area contributed by atoms with Gasteiger partial charge in [-0.3, -0.25) is 9.59 Å². The zero-order valence-corrected chi connectivity index (χ0v) is 24.8. The number of fused-ring (bicyclic) bond motifs is 3. The molecule has 2 atom stereocenters. The second-order valence-electron chi connectivity index (χ2n) is 10.6. The van der Waals surface area contributed by atoms with Crippen LogP contribution in [0.1, 0.15) is 68.7 Å². The van der Waals surface area contributed by atoms with Crippen LogP contribution in [0.5, 0.6) is 11.5 Å². The first-order valence-corrected chi connectivity index (χ1v) is 14.3. The van der Waals surface area contributed by atoms with Crippen molar-refractivity contribution < 1.29 is 42.4 Å². The first-order chi connectivity index (χ1) is 20.2. The quantitative estimate of drug-likeness (QED) is 0.174. The first kappa shape index (κ1) is 34.0. The Bertz CT molecular complexity index is 1430. The van der Waals surface area contributed by atoms with Crippen molar-refractivity contribution in [2.24, 2.45) is 11.5 Å². The van der Waals surface area contributed by atoms with E-state index >= 15 is 0 Å². The number of rotatable bonds is 12. The van der Waals surface area contributed by atoms with Gasteiger partial charge >= 0.3 is 18.1 Å². The minimum absolute atomic E-state index is 0.0114. The van der Waals surface area contributed by atoms with Crippen LogP contribution in [0.25, 0.3) is 10.9 Å². The van der Waals surface area contributed by atoms with Crippen LogP contribution in [-0.2, 0) is 28.9 Å². The van der Waals surface area contributed by atoms with E-state index in [0.717, 1.165) is 35.5 Å². The van der Waals surface area contributed by atoms with Crippen LogP contribution in [0.4, 0.5) is 13.2 Å². The van der Waals surface area contributed by atoms with Gasteiger partial charge in [-0.05, 0) is 75.5 Å². The van der Waals surface area contributed by atoms with Gasteiger partial charge in [-0.2, -0.15) is 13.2 Å². The fourth-order valence-corrected chi connectivity index (χ4v) is 5.33. The lowest BCUT2D eigenvalue weighted by molar-refractivity contribution is -0.140. The molecular formula is C30H37ClF3N3O6. The summed E-state index contributed by atoms with van der Waals surface area (Å²) in [6, 6.07) is 8.48. The third-order valence-electron chi connectivity index (χ3n) is 6.92. The Morgan fingerprint density at radius 2 is 1.86 bits per heavy atom. The fourth-order valence-electron chi connectivity index (χ4n) is 4.92. The second kappa shape index (κ2) is 14.8. The highest BCUT2D eigenvalue weighted by Crippen LogP contribution is 2.44. The van der Waals surface area contributed by atoms with Crippen LogP contribution in [-0.4, -0.2) is 45.4 Å². The molecule has 4 rings (SSSR count). The van der Waals surface area contributed by atoms with Crippen molar-refractivity contribution in [3.63, 3.8) is 0 Å². The molecule has 2 aromatic carbocycles. The van der Waals surface area contributed by atoms with Crippen molar-refractivity contribution in [3.05, 3.63) is 58.2 Å². The average molecular weight is 628 g/mol. The predicted octanol–water partition coefficient (Wildman–Crippen LogP) is 6.17. The van der Waals surface area contributed by atoms with E-state index in [-0.39, 0.29) is 30.8 Å². The van der Waals surface area contributed by atoms with Gasteiger partial charge in [0.25, 0.3) is 0 Å². The Morgan fingerprint density at radius 3 is 2.47 bits per heavy atom. The van der Waals surface area contributed by atoms with E-state index in [0.29, 0.717) is 42.3 Å². The molecule has 0 aliphatic carbocycles. The highest BCUT2D eigenvalue weighted by Gasteiger charge is 2.35. The maximum Gasteiger partial charge on any atom is 0.419 e. The summed E-state index contributed by atoms with van der Waals surface area (Å²) >= 11 is 6.59. The fraction of sp³-hybridized carbons (Fsp3) is 0.467. The summed E-state index contributed by atoms with van der Waals surface area (Å²) in [5.41, 5.74) is 11.6. The Kier molecular flexibility index (Phi) is 11.7. The lowest BCUT2D eigenvalue weighted by atomic mass is 10.0. The number of unbranched alkanes of at least 4 members (excludes halogenated alkanes) is 1. The molecule has 2 heterocycles. The Morgan fingerprint density at radius 1 is 1.14 bits per heavy atom. The van der Waals surface area contributed by atoms with Gasteiger partial charge < -0.3 is 35.7 Å². The number of carboxylic acid groups (broad SMARTS) is 2. The van der Waals surface area contributed by atoms with Gasteiger partial charge in [-0.1, -0.05) is 24.1 Å². The number of hydrogen-bond donors (Lipinski definition) is 4. The van der Waals surface area contributed by atoms with Crippen molar-refractivity contribution >= 4 is 34.4 Å². The molecule has 6 N–H and O–H groups in total. The molecule has 9 nitrogen and oxygen atoms in total. The normalized spacial score (nSPS) is 15.1. The number of hydrogen-bond acceptors (Lipinski definition) is 6. The van der Waals surface area contributed by atoms with Crippen LogP contribution >= 0.6 is 11.6 Å². The SMILES string of the molecule is CC(C)Oc1ccc(COc2ccc3c(c2)c(Cl)c2n3CC[C@@H]2CC(=O)O)cc1C(F)(F)F.NCCCC[C@H](N)C(=O)O. The van der Waals surface area contributed by atoms with E-state index in [2.05, 4.69) is 0 Å². The molecule has 0 bridgehead atoms. The molecule has 0 saturated carbocycles. The van der Waals surface area contributed by atoms with Gasteiger partial charge in [-0.25, -0.2) is 0 Å². The standard InChI is InChI=1S/C24H23ClF3NO4.C6H14N2O2/c1-13(2)33-20-6-3-14(9-18(20)24(26,27)28)12-32-16-4-5-19-17(11-16)22(25)23-15(10-21(30)31)7-8-29(19)23;7-4-2-1-3-5(8)6(9)10/h3-6,9,11,13,15H,7-8,10,12H2,1-2H3,(H,30,31);5H,1-4,7-8H2,(H,9,10)/t15-;5-/m10/s1. The van der Waals surface area contributed by atoms with Crippen molar-refractivity contribution in [1.82, 2.24) is 4.57 Å². The smallest absolute Gasteiger partial charge is 0.419 e. The third-order valence-corrected chi connectivity index (χ3v) is 7.32. The van der Waals surface area contributed by atoms with Crippen LogP contribution in [0.3, 0.4) is 0 Å². The predicted molar refractivity (Wildman–Crippen MR) is 157 cm³/mol. The lowest BCUT2D eigenvalue weighted by Gasteiger charge is -2.17. The summed E-state index contributed by atoms with van der Waals surface area (Å²) < 4.78 is 53.5. The van der Waals surface area contributed by atoms with Crippen molar-refractivity contribution in [3.8, 4) is 11.5 Å². The number of nitrogens with zero attached hydrogens (tertiary/aromatic N) is 1. The third kappa shape index (κ3) is 9.01. The molecule has 1 aliphatic heterocycles. The monoisotopic (exact) mass is 627 g/mol. The van der Waals surface area contributed by atoms with E-state index in [1.54, 1.807) is 32.0 Å². The highest BCUT2D eigenvalue weighted by atomic mass is 35.5. The van der Waals surface area contributed by atoms with Gasteiger partial charge in [0.2, 0.25) is 0 Å². The zero-order chi connectivity index (χ0) is 31.9. The van der Waals surface area contributed by atoms with E-state index in [1.165, 1.54) is 6.07 Å². The summed E-state index contributed by atoms with van der Waals surface area (Å²) in [6.07, 6.45) is -2.04. The molecule has 0 saturated heterocycles. The molecule has 1 aromatic heterocycles. The molecule has 0 radical (unpaired) electrons.